The Labute approximate surface area is 135 Å². The van der Waals surface area contributed by atoms with Crippen LogP contribution in [0.25, 0.3) is 0 Å². The number of carbonyl (C=O) groups excluding carboxylic acids is 1. The van der Waals surface area contributed by atoms with Gasteiger partial charge in [-0.3, -0.25) is 4.90 Å². The van der Waals surface area contributed by atoms with Gasteiger partial charge in [0.05, 0.1) is 36.3 Å². The number of aliphatic hydroxyl groups is 2. The summed E-state index contributed by atoms with van der Waals surface area (Å²) in [4.78, 5) is 13.4. The summed E-state index contributed by atoms with van der Waals surface area (Å²) in [5, 5.41) is 19.5. The Hall–Kier alpha value is -1.64. The topological polar surface area (TPSA) is 104 Å². The second kappa shape index (κ2) is 7.29. The SMILES string of the molecule is CC(O)CN(C(=O)OCc1ccccc1)C1CS(=O)(=O)CC1O. The lowest BCUT2D eigenvalue weighted by molar-refractivity contribution is 0.0299. The lowest BCUT2D eigenvalue weighted by Crippen LogP contribution is -2.49. The van der Waals surface area contributed by atoms with Gasteiger partial charge in [0.15, 0.2) is 9.84 Å². The van der Waals surface area contributed by atoms with Crippen LogP contribution in [-0.2, 0) is 21.2 Å². The standard InChI is InChI=1S/C15H21NO6S/c1-11(17)7-16(13-9-23(20,21)10-14(13)18)15(19)22-8-12-5-3-2-4-6-12/h2-6,11,13-14,17-18H,7-10H2,1H3. The van der Waals surface area contributed by atoms with Crippen LogP contribution < -0.4 is 0 Å². The lowest BCUT2D eigenvalue weighted by atomic mass is 10.2. The molecule has 1 aliphatic rings. The molecule has 1 aromatic carbocycles. The molecule has 0 aromatic heterocycles. The molecule has 2 rings (SSSR count). The number of carbonyl (C=O) groups is 1. The largest absolute Gasteiger partial charge is 0.445 e. The number of hydrogen-bond donors (Lipinski definition) is 2. The van der Waals surface area contributed by atoms with Crippen LogP contribution >= 0.6 is 0 Å². The summed E-state index contributed by atoms with van der Waals surface area (Å²) < 4.78 is 28.5. The average molecular weight is 343 g/mol. The van der Waals surface area contributed by atoms with Crippen LogP contribution in [0.4, 0.5) is 4.79 Å². The molecule has 8 heteroatoms. The van der Waals surface area contributed by atoms with Crippen molar-refractivity contribution in [2.45, 2.75) is 31.8 Å². The van der Waals surface area contributed by atoms with E-state index in [4.69, 9.17) is 4.74 Å². The lowest BCUT2D eigenvalue weighted by Gasteiger charge is -2.30. The minimum Gasteiger partial charge on any atom is -0.445 e. The molecule has 23 heavy (non-hydrogen) atoms. The first kappa shape index (κ1) is 17.7. The molecule has 3 atom stereocenters. The number of hydrogen-bond acceptors (Lipinski definition) is 6. The molecule has 7 nitrogen and oxygen atoms in total. The molecular weight excluding hydrogens is 322 g/mol. The summed E-state index contributed by atoms with van der Waals surface area (Å²) in [6, 6.07) is 8.14. The van der Waals surface area contributed by atoms with E-state index >= 15 is 0 Å². The third kappa shape index (κ3) is 4.92. The van der Waals surface area contributed by atoms with Crippen LogP contribution in [-0.4, -0.2) is 65.9 Å². The van der Waals surface area contributed by atoms with Crippen molar-refractivity contribution >= 4 is 15.9 Å². The molecule has 3 unspecified atom stereocenters. The summed E-state index contributed by atoms with van der Waals surface area (Å²) in [6.07, 6.45) is -2.80. The third-order valence-electron chi connectivity index (χ3n) is 3.59. The Morgan fingerprint density at radius 3 is 2.52 bits per heavy atom. The first-order valence-electron chi connectivity index (χ1n) is 7.32. The van der Waals surface area contributed by atoms with Gasteiger partial charge >= 0.3 is 6.09 Å². The number of sulfone groups is 1. The van der Waals surface area contributed by atoms with Gasteiger partial charge in [0.1, 0.15) is 6.61 Å². The van der Waals surface area contributed by atoms with E-state index < -0.39 is 34.2 Å². The van der Waals surface area contributed by atoms with E-state index in [2.05, 4.69) is 0 Å². The van der Waals surface area contributed by atoms with E-state index in [1.807, 2.05) is 18.2 Å². The molecule has 0 bridgehead atoms. The molecule has 2 N–H and O–H groups in total. The normalized spacial score (nSPS) is 24.1. The van der Waals surface area contributed by atoms with Gasteiger partial charge in [0.2, 0.25) is 0 Å². The van der Waals surface area contributed by atoms with Crippen molar-refractivity contribution in [3.63, 3.8) is 0 Å². The molecule has 0 radical (unpaired) electrons. The first-order chi connectivity index (χ1) is 10.8. The summed E-state index contributed by atoms with van der Waals surface area (Å²) in [6.45, 7) is 1.41. The van der Waals surface area contributed by atoms with Crippen molar-refractivity contribution in [3.05, 3.63) is 35.9 Å². The zero-order valence-corrected chi connectivity index (χ0v) is 13.6. The monoisotopic (exact) mass is 343 g/mol. The molecule has 1 saturated heterocycles. The van der Waals surface area contributed by atoms with Gasteiger partial charge in [-0.25, -0.2) is 13.2 Å². The maximum absolute atomic E-state index is 12.3. The maximum Gasteiger partial charge on any atom is 0.410 e. The maximum atomic E-state index is 12.3. The third-order valence-corrected chi connectivity index (χ3v) is 5.29. The molecular formula is C15H21NO6S. The molecule has 1 heterocycles. The van der Waals surface area contributed by atoms with Crippen LogP contribution in [0.2, 0.25) is 0 Å². The molecule has 0 aliphatic carbocycles. The zero-order valence-electron chi connectivity index (χ0n) is 12.8. The van der Waals surface area contributed by atoms with Crippen molar-refractivity contribution in [1.82, 2.24) is 4.90 Å². The minimum atomic E-state index is -3.41. The molecule has 1 aliphatic heterocycles. The van der Waals surface area contributed by atoms with Crippen LogP contribution in [0.15, 0.2) is 30.3 Å². The molecule has 128 valence electrons. The fourth-order valence-corrected chi connectivity index (χ4v) is 4.34. The van der Waals surface area contributed by atoms with Gasteiger partial charge in [-0.1, -0.05) is 30.3 Å². The van der Waals surface area contributed by atoms with Crippen LogP contribution in [0.5, 0.6) is 0 Å². The quantitative estimate of drug-likeness (QED) is 0.789. The van der Waals surface area contributed by atoms with E-state index in [0.29, 0.717) is 0 Å². The fraction of sp³-hybridized carbons (Fsp3) is 0.533. The number of amides is 1. The summed E-state index contributed by atoms with van der Waals surface area (Å²) in [5.74, 6) is -0.721. The van der Waals surface area contributed by atoms with Gasteiger partial charge in [0.25, 0.3) is 0 Å². The average Bonchev–Trinajstić information content (AvgIpc) is 2.76. The van der Waals surface area contributed by atoms with Gasteiger partial charge in [-0.2, -0.15) is 0 Å². The van der Waals surface area contributed by atoms with Crippen LogP contribution in [0.1, 0.15) is 12.5 Å². The summed E-state index contributed by atoms with van der Waals surface area (Å²) in [5.41, 5.74) is 0.789. The Morgan fingerprint density at radius 1 is 1.35 bits per heavy atom. The summed E-state index contributed by atoms with van der Waals surface area (Å²) in [7, 11) is -3.41. The predicted octanol–water partition coefficient (Wildman–Crippen LogP) is 0.164. The Kier molecular flexibility index (Phi) is 5.61. The van der Waals surface area contributed by atoms with E-state index in [0.717, 1.165) is 10.5 Å². The number of rotatable bonds is 5. The summed E-state index contributed by atoms with van der Waals surface area (Å²) >= 11 is 0. The van der Waals surface area contributed by atoms with E-state index in [9.17, 15) is 23.4 Å². The molecule has 1 fully saturated rings. The Morgan fingerprint density at radius 2 is 2.00 bits per heavy atom. The number of ether oxygens (including phenoxy) is 1. The van der Waals surface area contributed by atoms with Gasteiger partial charge < -0.3 is 14.9 Å². The Balaban J connectivity index is 2.07. The predicted molar refractivity (Wildman–Crippen MR) is 83.5 cm³/mol. The van der Waals surface area contributed by atoms with Crippen LogP contribution in [0, 0.1) is 0 Å². The van der Waals surface area contributed by atoms with Gasteiger partial charge in [-0.05, 0) is 12.5 Å². The van der Waals surface area contributed by atoms with Crippen molar-refractivity contribution in [3.8, 4) is 0 Å². The minimum absolute atomic E-state index is 0.0333. The first-order valence-corrected chi connectivity index (χ1v) is 9.14. The zero-order chi connectivity index (χ0) is 17.0. The Bertz CT molecular complexity index is 631. The number of nitrogens with zero attached hydrogens (tertiary/aromatic N) is 1. The van der Waals surface area contributed by atoms with Gasteiger partial charge in [0, 0.05) is 0 Å². The van der Waals surface area contributed by atoms with E-state index in [1.165, 1.54) is 6.92 Å². The highest BCUT2D eigenvalue weighted by Crippen LogP contribution is 2.20. The smallest absolute Gasteiger partial charge is 0.410 e. The second-order valence-electron chi connectivity index (χ2n) is 5.75. The highest BCUT2D eigenvalue weighted by molar-refractivity contribution is 7.91. The van der Waals surface area contributed by atoms with Crippen molar-refractivity contribution in [2.75, 3.05) is 18.1 Å². The van der Waals surface area contributed by atoms with E-state index in [-0.39, 0.29) is 24.7 Å². The molecule has 0 spiro atoms. The molecule has 1 amide bonds. The van der Waals surface area contributed by atoms with E-state index in [1.54, 1.807) is 12.1 Å². The molecule has 1 aromatic rings. The molecule has 0 saturated carbocycles. The van der Waals surface area contributed by atoms with Crippen molar-refractivity contribution in [2.24, 2.45) is 0 Å². The second-order valence-corrected chi connectivity index (χ2v) is 7.91. The highest BCUT2D eigenvalue weighted by Gasteiger charge is 2.42. The number of aliphatic hydroxyl groups excluding tert-OH is 2. The number of benzene rings is 1. The van der Waals surface area contributed by atoms with Crippen LogP contribution in [0.3, 0.4) is 0 Å². The highest BCUT2D eigenvalue weighted by atomic mass is 32.2. The van der Waals surface area contributed by atoms with Gasteiger partial charge in [-0.15, -0.1) is 0 Å². The fourth-order valence-electron chi connectivity index (χ4n) is 2.54. The van der Waals surface area contributed by atoms with Crippen molar-refractivity contribution in [1.29, 1.82) is 0 Å². The van der Waals surface area contributed by atoms with Crippen molar-refractivity contribution < 1.29 is 28.2 Å².